The van der Waals surface area contributed by atoms with E-state index in [-0.39, 0.29) is 16.9 Å². The van der Waals surface area contributed by atoms with Gasteiger partial charge in [-0.2, -0.15) is 17.9 Å². The van der Waals surface area contributed by atoms with Crippen LogP contribution in [-0.4, -0.2) is 18.5 Å². The molecule has 1 heterocycles. The lowest BCUT2D eigenvalue weighted by molar-refractivity contribution is 0.249. The summed E-state index contributed by atoms with van der Waals surface area (Å²) in [5.74, 6) is 0.181. The van der Waals surface area contributed by atoms with Crippen molar-refractivity contribution in [2.24, 2.45) is 11.0 Å². The molecule has 2 atom stereocenters. The second-order valence-electron chi connectivity index (χ2n) is 7.82. The first-order valence-electron chi connectivity index (χ1n) is 9.86. The number of rotatable bonds is 3. The molecule has 5 rings (SSSR count). The predicted molar refractivity (Wildman–Crippen MR) is 114 cm³/mol. The summed E-state index contributed by atoms with van der Waals surface area (Å²) in [6, 6.07) is 24.8. The summed E-state index contributed by atoms with van der Waals surface area (Å²) in [5, 5.41) is 4.73. The van der Waals surface area contributed by atoms with E-state index in [0.717, 1.165) is 35.2 Å². The van der Waals surface area contributed by atoms with Gasteiger partial charge >= 0.3 is 0 Å². The van der Waals surface area contributed by atoms with Crippen molar-refractivity contribution in [2.45, 2.75) is 30.7 Å². The average Bonchev–Trinajstić information content (AvgIpc) is 3.12. The summed E-state index contributed by atoms with van der Waals surface area (Å²) >= 11 is 0. The van der Waals surface area contributed by atoms with Gasteiger partial charge in [-0.25, -0.2) is 0 Å². The summed E-state index contributed by atoms with van der Waals surface area (Å²) in [6.07, 6.45) is 1.63. The average molecular weight is 403 g/mol. The molecule has 0 spiro atoms. The van der Waals surface area contributed by atoms with E-state index in [9.17, 15) is 8.42 Å². The van der Waals surface area contributed by atoms with Crippen LogP contribution in [-0.2, 0) is 16.4 Å². The Kier molecular flexibility index (Phi) is 4.28. The highest BCUT2D eigenvalue weighted by Crippen LogP contribution is 2.47. The third-order valence-corrected chi connectivity index (χ3v) is 7.56. The maximum absolute atomic E-state index is 13.6. The molecule has 5 heteroatoms. The Bertz CT molecular complexity index is 1190. The molecular formula is C24H22N2O2S. The van der Waals surface area contributed by atoms with Crippen molar-refractivity contribution in [1.29, 1.82) is 0 Å². The third-order valence-electron chi connectivity index (χ3n) is 5.89. The summed E-state index contributed by atoms with van der Waals surface area (Å²) < 4.78 is 28.7. The van der Waals surface area contributed by atoms with Crippen LogP contribution < -0.4 is 0 Å². The highest BCUT2D eigenvalue weighted by atomic mass is 32.2. The van der Waals surface area contributed by atoms with Crippen LogP contribution in [0.1, 0.15) is 34.7 Å². The van der Waals surface area contributed by atoms with Gasteiger partial charge in [-0.05, 0) is 54.5 Å². The molecule has 0 N–H and O–H groups in total. The fourth-order valence-electron chi connectivity index (χ4n) is 4.44. The number of aryl methyl sites for hydroxylation is 1. The molecule has 0 fully saturated rings. The molecule has 0 saturated heterocycles. The Morgan fingerprint density at radius 1 is 0.862 bits per heavy atom. The maximum atomic E-state index is 13.6. The summed E-state index contributed by atoms with van der Waals surface area (Å²) in [7, 11) is -3.77. The second kappa shape index (κ2) is 6.85. The van der Waals surface area contributed by atoms with Crippen LogP contribution >= 0.6 is 0 Å². The second-order valence-corrected chi connectivity index (χ2v) is 9.61. The molecule has 3 aromatic rings. The van der Waals surface area contributed by atoms with E-state index in [1.54, 1.807) is 12.1 Å². The van der Waals surface area contributed by atoms with Gasteiger partial charge < -0.3 is 0 Å². The minimum atomic E-state index is -3.77. The Morgan fingerprint density at radius 3 is 2.31 bits per heavy atom. The first-order chi connectivity index (χ1) is 14.0. The zero-order valence-corrected chi connectivity index (χ0v) is 17.0. The van der Waals surface area contributed by atoms with E-state index in [4.69, 9.17) is 5.10 Å². The van der Waals surface area contributed by atoms with E-state index >= 15 is 0 Å². The molecule has 146 valence electrons. The Hall–Kier alpha value is -2.92. The lowest BCUT2D eigenvalue weighted by Gasteiger charge is -2.35. The summed E-state index contributed by atoms with van der Waals surface area (Å²) in [6.45, 7) is 1.95. The van der Waals surface area contributed by atoms with Crippen LogP contribution in [0.2, 0.25) is 0 Å². The number of hydrazone groups is 1. The van der Waals surface area contributed by atoms with Crippen molar-refractivity contribution in [3.63, 3.8) is 0 Å². The summed E-state index contributed by atoms with van der Waals surface area (Å²) in [5.41, 5.74) is 5.13. The van der Waals surface area contributed by atoms with Crippen LogP contribution in [0.15, 0.2) is 88.9 Å². The first-order valence-corrected chi connectivity index (χ1v) is 11.3. The van der Waals surface area contributed by atoms with E-state index in [0.29, 0.717) is 0 Å². The number of nitrogens with zero attached hydrogens (tertiary/aromatic N) is 2. The highest BCUT2D eigenvalue weighted by molar-refractivity contribution is 7.89. The fraction of sp³-hybridized carbons (Fsp3) is 0.208. The number of benzene rings is 3. The van der Waals surface area contributed by atoms with Gasteiger partial charge in [0.25, 0.3) is 10.0 Å². The molecule has 2 unspecified atom stereocenters. The van der Waals surface area contributed by atoms with Crippen molar-refractivity contribution >= 4 is 15.7 Å². The van der Waals surface area contributed by atoms with Gasteiger partial charge in [0, 0.05) is 0 Å². The number of hydrogen-bond donors (Lipinski definition) is 0. The van der Waals surface area contributed by atoms with Gasteiger partial charge in [0.05, 0.1) is 16.6 Å². The maximum Gasteiger partial charge on any atom is 0.279 e. The van der Waals surface area contributed by atoms with Crippen LogP contribution in [0.25, 0.3) is 0 Å². The Labute approximate surface area is 171 Å². The van der Waals surface area contributed by atoms with Crippen LogP contribution in [0.4, 0.5) is 0 Å². The molecule has 3 aromatic carbocycles. The largest absolute Gasteiger partial charge is 0.279 e. The zero-order valence-electron chi connectivity index (χ0n) is 16.2. The smallest absolute Gasteiger partial charge is 0.200 e. The normalized spacial score (nSPS) is 20.7. The van der Waals surface area contributed by atoms with Gasteiger partial charge in [-0.1, -0.05) is 72.3 Å². The van der Waals surface area contributed by atoms with E-state index < -0.39 is 10.0 Å². The minimum absolute atomic E-state index is 0.181. The Balaban J connectivity index is 1.66. The molecule has 1 aliphatic heterocycles. The fourth-order valence-corrected chi connectivity index (χ4v) is 5.92. The van der Waals surface area contributed by atoms with Crippen LogP contribution in [0, 0.1) is 12.8 Å². The highest BCUT2D eigenvalue weighted by Gasteiger charge is 2.45. The van der Waals surface area contributed by atoms with E-state index in [1.165, 1.54) is 9.98 Å². The zero-order chi connectivity index (χ0) is 20.0. The molecule has 2 aliphatic rings. The molecule has 4 nitrogen and oxygen atoms in total. The van der Waals surface area contributed by atoms with E-state index in [2.05, 4.69) is 6.07 Å². The van der Waals surface area contributed by atoms with Gasteiger partial charge in [0.15, 0.2) is 0 Å². The van der Waals surface area contributed by atoms with Gasteiger partial charge in [0.1, 0.15) is 0 Å². The molecule has 29 heavy (non-hydrogen) atoms. The standard InChI is InChI=1S/C24H22N2O2S/c1-17-11-13-21(14-12-17)29(27,28)26-24-20(15-19-9-5-6-10-22(19)24)16-23(25-26)18-7-3-2-4-8-18/h2-14,20,24H,15-16H2,1H3. The molecular weight excluding hydrogens is 380 g/mol. The lowest BCUT2D eigenvalue weighted by atomic mass is 9.91. The monoisotopic (exact) mass is 402 g/mol. The van der Waals surface area contributed by atoms with Crippen LogP contribution in [0.5, 0.6) is 0 Å². The SMILES string of the molecule is Cc1ccc(S(=O)(=O)N2N=C(c3ccccc3)CC3Cc4ccccc4C32)cc1. The van der Waals surface area contributed by atoms with Gasteiger partial charge in [0.2, 0.25) is 0 Å². The minimum Gasteiger partial charge on any atom is -0.200 e. The van der Waals surface area contributed by atoms with E-state index in [1.807, 2.05) is 67.6 Å². The topological polar surface area (TPSA) is 49.7 Å². The molecule has 0 saturated carbocycles. The molecule has 0 amide bonds. The number of sulfonamides is 1. The predicted octanol–water partition coefficient (Wildman–Crippen LogP) is 4.71. The summed E-state index contributed by atoms with van der Waals surface area (Å²) in [4.78, 5) is 0.282. The Morgan fingerprint density at radius 2 is 1.55 bits per heavy atom. The molecule has 0 bridgehead atoms. The number of hydrogen-bond acceptors (Lipinski definition) is 3. The van der Waals surface area contributed by atoms with Crippen molar-refractivity contribution in [3.8, 4) is 0 Å². The van der Waals surface area contributed by atoms with Crippen molar-refractivity contribution < 1.29 is 8.42 Å². The van der Waals surface area contributed by atoms with Crippen molar-refractivity contribution in [1.82, 2.24) is 4.41 Å². The molecule has 1 aliphatic carbocycles. The molecule has 0 aromatic heterocycles. The third kappa shape index (κ3) is 3.06. The molecule has 0 radical (unpaired) electrons. The van der Waals surface area contributed by atoms with Gasteiger partial charge in [-0.15, -0.1) is 0 Å². The lowest BCUT2D eigenvalue weighted by Crippen LogP contribution is -2.38. The van der Waals surface area contributed by atoms with Crippen molar-refractivity contribution in [3.05, 3.63) is 101 Å². The quantitative estimate of drug-likeness (QED) is 0.637. The van der Waals surface area contributed by atoms with Crippen molar-refractivity contribution in [2.75, 3.05) is 0 Å². The number of fused-ring (bicyclic) bond motifs is 3. The van der Waals surface area contributed by atoms with Crippen LogP contribution in [0.3, 0.4) is 0 Å². The van der Waals surface area contributed by atoms with Gasteiger partial charge in [-0.3, -0.25) is 0 Å². The first kappa shape index (κ1) is 18.1.